The van der Waals surface area contributed by atoms with Crippen LogP contribution in [0, 0.1) is 0 Å². The number of aromatic nitrogens is 1. The highest BCUT2D eigenvalue weighted by Crippen LogP contribution is 2.24. The highest BCUT2D eigenvalue weighted by Gasteiger charge is 2.10. The van der Waals surface area contributed by atoms with Crippen LogP contribution in [-0.4, -0.2) is 5.16 Å². The molecular formula is C9H9BrN2O2. The molecule has 14 heavy (non-hydrogen) atoms. The van der Waals surface area contributed by atoms with E-state index in [1.807, 2.05) is 12.1 Å². The molecule has 2 aromatic heterocycles. The third kappa shape index (κ3) is 1.82. The van der Waals surface area contributed by atoms with Gasteiger partial charge in [-0.1, -0.05) is 5.16 Å². The monoisotopic (exact) mass is 256 g/mol. The van der Waals surface area contributed by atoms with E-state index in [-0.39, 0.29) is 0 Å². The minimum absolute atomic E-state index is 0.388. The number of nitrogens with two attached hydrogens (primary N) is 1. The average molecular weight is 257 g/mol. The molecule has 0 aliphatic carbocycles. The zero-order chi connectivity index (χ0) is 9.97. The zero-order valence-corrected chi connectivity index (χ0v) is 8.95. The summed E-state index contributed by atoms with van der Waals surface area (Å²) in [6.07, 6.45) is 3.15. The normalized spacial score (nSPS) is 10.6. The van der Waals surface area contributed by atoms with Crippen LogP contribution in [0.3, 0.4) is 0 Å². The molecule has 0 bridgehead atoms. The quantitative estimate of drug-likeness (QED) is 0.916. The molecule has 0 amide bonds. The van der Waals surface area contributed by atoms with Crippen molar-refractivity contribution in [1.29, 1.82) is 0 Å². The van der Waals surface area contributed by atoms with Crippen molar-refractivity contribution >= 4 is 21.7 Å². The highest BCUT2D eigenvalue weighted by molar-refractivity contribution is 9.10. The summed E-state index contributed by atoms with van der Waals surface area (Å²) >= 11 is 3.30. The van der Waals surface area contributed by atoms with Crippen LogP contribution in [0.2, 0.25) is 0 Å². The predicted octanol–water partition coefficient (Wildman–Crippen LogP) is 2.40. The molecule has 0 fully saturated rings. The number of hydrogen-bond donors (Lipinski definition) is 1. The van der Waals surface area contributed by atoms with Crippen molar-refractivity contribution in [1.82, 2.24) is 5.16 Å². The van der Waals surface area contributed by atoms with Crippen molar-refractivity contribution < 1.29 is 8.94 Å². The van der Waals surface area contributed by atoms with E-state index in [9.17, 15) is 0 Å². The summed E-state index contributed by atoms with van der Waals surface area (Å²) in [6.45, 7) is 0. The van der Waals surface area contributed by atoms with Crippen molar-refractivity contribution in [3.8, 4) is 0 Å². The average Bonchev–Trinajstić information content (AvgIpc) is 2.77. The molecule has 0 aliphatic heterocycles. The Morgan fingerprint density at radius 2 is 2.29 bits per heavy atom. The van der Waals surface area contributed by atoms with E-state index in [1.54, 1.807) is 6.26 Å². The smallest absolute Gasteiger partial charge is 0.181 e. The lowest BCUT2D eigenvalue weighted by Gasteiger charge is -1.93. The van der Waals surface area contributed by atoms with Crippen LogP contribution in [0.4, 0.5) is 5.82 Å². The molecule has 0 unspecified atom stereocenters. The van der Waals surface area contributed by atoms with Gasteiger partial charge in [0, 0.05) is 12.8 Å². The Morgan fingerprint density at radius 1 is 1.43 bits per heavy atom. The minimum atomic E-state index is 0.388. The largest absolute Gasteiger partial charge is 0.469 e. The number of anilines is 1. The van der Waals surface area contributed by atoms with E-state index in [1.165, 1.54) is 0 Å². The summed E-state index contributed by atoms with van der Waals surface area (Å²) in [5, 5.41) is 3.64. The Bertz CT molecular complexity index is 408. The standard InChI is InChI=1S/C9H9BrN2O2/c10-8-7(14-12-9(8)11)4-3-6-2-1-5-13-6/h1-2,5H,3-4H2,(H2,11,12). The zero-order valence-electron chi connectivity index (χ0n) is 7.37. The summed E-state index contributed by atoms with van der Waals surface area (Å²) in [5.41, 5.74) is 5.51. The molecule has 0 spiro atoms. The maximum atomic E-state index is 5.51. The summed E-state index contributed by atoms with van der Waals surface area (Å²) in [4.78, 5) is 0. The highest BCUT2D eigenvalue weighted by atomic mass is 79.9. The number of aryl methyl sites for hydroxylation is 2. The van der Waals surface area contributed by atoms with Gasteiger partial charge >= 0.3 is 0 Å². The van der Waals surface area contributed by atoms with Gasteiger partial charge in [0.1, 0.15) is 10.2 Å². The van der Waals surface area contributed by atoms with Crippen molar-refractivity contribution in [3.05, 3.63) is 34.4 Å². The second kappa shape index (κ2) is 3.88. The molecule has 2 N–H and O–H groups in total. The van der Waals surface area contributed by atoms with Crippen LogP contribution in [0.25, 0.3) is 0 Å². The maximum Gasteiger partial charge on any atom is 0.181 e. The molecule has 5 heteroatoms. The molecule has 2 rings (SSSR count). The number of rotatable bonds is 3. The molecular weight excluding hydrogens is 248 g/mol. The van der Waals surface area contributed by atoms with Crippen molar-refractivity contribution in [2.24, 2.45) is 0 Å². The first kappa shape index (κ1) is 9.33. The van der Waals surface area contributed by atoms with E-state index >= 15 is 0 Å². The second-order valence-corrected chi connectivity index (χ2v) is 3.68. The van der Waals surface area contributed by atoms with E-state index < -0.39 is 0 Å². The van der Waals surface area contributed by atoms with Gasteiger partial charge in [0.25, 0.3) is 0 Å². The van der Waals surface area contributed by atoms with Crippen LogP contribution in [0.15, 0.2) is 31.8 Å². The fraction of sp³-hybridized carbons (Fsp3) is 0.222. The number of nitrogen functional groups attached to an aromatic ring is 1. The van der Waals surface area contributed by atoms with Gasteiger partial charge in [0.05, 0.1) is 6.26 Å². The molecule has 0 saturated carbocycles. The lowest BCUT2D eigenvalue weighted by Crippen LogP contribution is -1.89. The van der Waals surface area contributed by atoms with Gasteiger partial charge in [-0.15, -0.1) is 0 Å². The first-order chi connectivity index (χ1) is 6.77. The SMILES string of the molecule is Nc1noc(CCc2ccco2)c1Br. The molecule has 0 aromatic carbocycles. The topological polar surface area (TPSA) is 65.2 Å². The van der Waals surface area contributed by atoms with Crippen LogP contribution in [0.1, 0.15) is 11.5 Å². The first-order valence-electron chi connectivity index (χ1n) is 4.19. The lowest BCUT2D eigenvalue weighted by molar-refractivity contribution is 0.380. The number of nitrogens with zero attached hydrogens (tertiary/aromatic N) is 1. The fourth-order valence-corrected chi connectivity index (χ4v) is 1.52. The lowest BCUT2D eigenvalue weighted by atomic mass is 10.2. The Morgan fingerprint density at radius 3 is 2.86 bits per heavy atom. The Kier molecular flexibility index (Phi) is 2.58. The van der Waals surface area contributed by atoms with Crippen molar-refractivity contribution in [2.75, 3.05) is 5.73 Å². The van der Waals surface area contributed by atoms with E-state index in [4.69, 9.17) is 14.7 Å². The van der Waals surface area contributed by atoms with Gasteiger partial charge in [0.15, 0.2) is 11.6 Å². The number of hydrogen-bond acceptors (Lipinski definition) is 4. The Labute approximate surface area is 89.2 Å². The predicted molar refractivity (Wildman–Crippen MR) is 54.7 cm³/mol. The fourth-order valence-electron chi connectivity index (χ4n) is 1.17. The summed E-state index contributed by atoms with van der Waals surface area (Å²) in [6, 6.07) is 3.78. The van der Waals surface area contributed by atoms with E-state index in [0.717, 1.165) is 28.8 Å². The van der Waals surface area contributed by atoms with Gasteiger partial charge in [0.2, 0.25) is 0 Å². The molecule has 0 radical (unpaired) electrons. The molecule has 4 nitrogen and oxygen atoms in total. The second-order valence-electron chi connectivity index (χ2n) is 2.88. The van der Waals surface area contributed by atoms with Crippen LogP contribution >= 0.6 is 15.9 Å². The molecule has 2 heterocycles. The Balaban J connectivity index is 2.02. The first-order valence-corrected chi connectivity index (χ1v) is 4.98. The van der Waals surface area contributed by atoms with E-state index in [0.29, 0.717) is 5.82 Å². The number of halogens is 1. The Hall–Kier alpha value is -1.23. The third-order valence-corrected chi connectivity index (χ3v) is 2.75. The summed E-state index contributed by atoms with van der Waals surface area (Å²) in [7, 11) is 0. The maximum absolute atomic E-state index is 5.51. The van der Waals surface area contributed by atoms with Crippen LogP contribution < -0.4 is 5.73 Å². The molecule has 0 saturated heterocycles. The van der Waals surface area contributed by atoms with Gasteiger partial charge in [-0.25, -0.2) is 0 Å². The van der Waals surface area contributed by atoms with Crippen molar-refractivity contribution in [2.45, 2.75) is 12.8 Å². The van der Waals surface area contributed by atoms with Gasteiger partial charge in [-0.2, -0.15) is 0 Å². The van der Waals surface area contributed by atoms with Gasteiger partial charge < -0.3 is 14.7 Å². The molecule has 2 aromatic rings. The molecule has 0 atom stereocenters. The third-order valence-electron chi connectivity index (χ3n) is 1.90. The summed E-state index contributed by atoms with van der Waals surface area (Å²) in [5.74, 6) is 2.06. The minimum Gasteiger partial charge on any atom is -0.469 e. The molecule has 0 aliphatic rings. The van der Waals surface area contributed by atoms with Crippen LogP contribution in [0.5, 0.6) is 0 Å². The van der Waals surface area contributed by atoms with Gasteiger partial charge in [-0.05, 0) is 28.1 Å². The van der Waals surface area contributed by atoms with Gasteiger partial charge in [-0.3, -0.25) is 0 Å². The van der Waals surface area contributed by atoms with Crippen LogP contribution in [-0.2, 0) is 12.8 Å². The molecule has 74 valence electrons. The summed E-state index contributed by atoms with van der Waals surface area (Å²) < 4.78 is 11.0. The van der Waals surface area contributed by atoms with Crippen molar-refractivity contribution in [3.63, 3.8) is 0 Å². The number of furan rings is 1. The van der Waals surface area contributed by atoms with E-state index in [2.05, 4.69) is 21.1 Å².